The molecule has 4 heterocycles. The number of amides is 1. The zero-order valence-electron chi connectivity index (χ0n) is 12.5. The monoisotopic (exact) mass is 386 g/mol. The van der Waals surface area contributed by atoms with Gasteiger partial charge in [0, 0.05) is 47.5 Å². The third-order valence-electron chi connectivity index (χ3n) is 4.03. The van der Waals surface area contributed by atoms with E-state index in [-0.39, 0.29) is 5.69 Å². The Hall–Kier alpha value is -2.41. The Morgan fingerprint density at radius 3 is 3.00 bits per heavy atom. The number of fused-ring (bicyclic) bond motifs is 2. The van der Waals surface area contributed by atoms with Gasteiger partial charge in [0.2, 0.25) is 0 Å². The minimum Gasteiger partial charge on any atom is -0.332 e. The fourth-order valence-corrected chi connectivity index (χ4v) is 3.21. The van der Waals surface area contributed by atoms with Gasteiger partial charge in [0.05, 0.1) is 0 Å². The van der Waals surface area contributed by atoms with Crippen molar-refractivity contribution in [2.75, 3.05) is 6.54 Å². The smallest absolute Gasteiger partial charge is 0.275 e. The summed E-state index contributed by atoms with van der Waals surface area (Å²) in [6.07, 6.45) is 3.75. The lowest BCUT2D eigenvalue weighted by Gasteiger charge is -2.28. The molecule has 4 rings (SSSR count). The van der Waals surface area contributed by atoms with Crippen LogP contribution in [0.5, 0.6) is 0 Å². The summed E-state index contributed by atoms with van der Waals surface area (Å²) in [6, 6.07) is 6.65. The Morgan fingerprint density at radius 2 is 2.17 bits per heavy atom. The molecule has 0 aromatic carbocycles. The first-order valence-electron chi connectivity index (χ1n) is 7.45. The summed E-state index contributed by atoms with van der Waals surface area (Å²) in [6.45, 7) is 0.872. The number of hydrogen-bond donors (Lipinski definition) is 0. The molecule has 0 radical (unpaired) electrons. The van der Waals surface area contributed by atoms with Gasteiger partial charge in [0.15, 0.2) is 17.2 Å². The highest BCUT2D eigenvalue weighted by atomic mass is 79.9. The van der Waals surface area contributed by atoms with Crippen molar-refractivity contribution in [3.63, 3.8) is 0 Å². The van der Waals surface area contributed by atoms with Crippen molar-refractivity contribution in [1.82, 2.24) is 19.9 Å². The number of aromatic nitrogens is 3. The summed E-state index contributed by atoms with van der Waals surface area (Å²) < 4.78 is 14.7. The summed E-state index contributed by atoms with van der Waals surface area (Å²) >= 11 is 3.40. The maximum absolute atomic E-state index is 13.8. The van der Waals surface area contributed by atoms with Gasteiger partial charge in [-0.15, -0.1) is 0 Å². The second-order valence-electron chi connectivity index (χ2n) is 5.60. The van der Waals surface area contributed by atoms with Crippen molar-refractivity contribution in [3.05, 3.63) is 63.9 Å². The van der Waals surface area contributed by atoms with E-state index in [0.717, 1.165) is 21.1 Å². The van der Waals surface area contributed by atoms with E-state index in [9.17, 15) is 9.18 Å². The number of carbonyl (C=O) groups excluding carboxylic acids is 1. The summed E-state index contributed by atoms with van der Waals surface area (Å²) in [4.78, 5) is 26.9. The van der Waals surface area contributed by atoms with Crippen LogP contribution in [0.2, 0.25) is 0 Å². The van der Waals surface area contributed by atoms with Gasteiger partial charge in [-0.05, 0) is 45.8 Å². The molecule has 24 heavy (non-hydrogen) atoms. The predicted octanol–water partition coefficient (Wildman–Crippen LogP) is 3.12. The van der Waals surface area contributed by atoms with E-state index in [1.807, 2.05) is 12.1 Å². The molecule has 120 valence electrons. The Bertz CT molecular complexity index is 962. The topological polar surface area (TPSA) is 59.0 Å². The third-order valence-corrected chi connectivity index (χ3v) is 4.46. The molecule has 0 fully saturated rings. The van der Waals surface area contributed by atoms with Crippen molar-refractivity contribution in [1.29, 1.82) is 0 Å². The Kier molecular flexibility index (Phi) is 3.72. The highest BCUT2D eigenvalue weighted by Gasteiger charge is 2.25. The quantitative estimate of drug-likeness (QED) is 0.644. The molecule has 7 heteroatoms. The van der Waals surface area contributed by atoms with Crippen LogP contribution in [-0.2, 0) is 13.0 Å². The van der Waals surface area contributed by atoms with Crippen LogP contribution in [0, 0.1) is 5.82 Å². The number of nitrogens with zero attached hydrogens (tertiary/aromatic N) is 4. The van der Waals surface area contributed by atoms with Gasteiger partial charge < -0.3 is 4.90 Å². The minimum absolute atomic E-state index is 0.140. The zero-order valence-corrected chi connectivity index (χ0v) is 14.1. The maximum atomic E-state index is 13.8. The van der Waals surface area contributed by atoms with Crippen LogP contribution in [0.15, 0.2) is 41.1 Å². The van der Waals surface area contributed by atoms with Crippen LogP contribution in [0.25, 0.3) is 11.0 Å². The molecule has 3 aromatic heterocycles. The predicted molar refractivity (Wildman–Crippen MR) is 89.9 cm³/mol. The molecule has 1 amide bonds. The first-order chi connectivity index (χ1) is 11.6. The molecule has 0 bridgehead atoms. The molecule has 0 unspecified atom stereocenters. The van der Waals surface area contributed by atoms with Crippen LogP contribution >= 0.6 is 15.9 Å². The van der Waals surface area contributed by atoms with Crippen LogP contribution in [-0.4, -0.2) is 32.3 Å². The van der Waals surface area contributed by atoms with Crippen molar-refractivity contribution in [2.24, 2.45) is 0 Å². The number of carbonyl (C=O) groups is 1. The molecule has 0 spiro atoms. The van der Waals surface area contributed by atoms with Gasteiger partial charge in [-0.25, -0.2) is 19.3 Å². The normalized spacial score (nSPS) is 13.8. The van der Waals surface area contributed by atoms with Gasteiger partial charge in [-0.2, -0.15) is 0 Å². The average Bonchev–Trinajstić information content (AvgIpc) is 2.59. The van der Waals surface area contributed by atoms with Crippen molar-refractivity contribution < 1.29 is 9.18 Å². The number of halogens is 2. The average molecular weight is 387 g/mol. The van der Waals surface area contributed by atoms with Crippen LogP contribution in [0.4, 0.5) is 4.39 Å². The van der Waals surface area contributed by atoms with Gasteiger partial charge >= 0.3 is 0 Å². The van der Waals surface area contributed by atoms with Crippen molar-refractivity contribution in [3.8, 4) is 0 Å². The van der Waals surface area contributed by atoms with Crippen LogP contribution < -0.4 is 0 Å². The van der Waals surface area contributed by atoms with Gasteiger partial charge in [0.1, 0.15) is 0 Å². The van der Waals surface area contributed by atoms with E-state index in [1.165, 1.54) is 18.3 Å². The molecular weight excluding hydrogens is 375 g/mol. The molecular formula is C17H12BrFN4O. The zero-order chi connectivity index (χ0) is 16.7. The first-order valence-corrected chi connectivity index (χ1v) is 8.25. The molecule has 0 N–H and O–H groups in total. The lowest BCUT2D eigenvalue weighted by Crippen LogP contribution is -2.37. The number of hydrogen-bond acceptors (Lipinski definition) is 4. The maximum Gasteiger partial charge on any atom is 0.275 e. The lowest BCUT2D eigenvalue weighted by atomic mass is 10.0. The molecule has 0 saturated carbocycles. The highest BCUT2D eigenvalue weighted by molar-refractivity contribution is 9.10. The highest BCUT2D eigenvalue weighted by Crippen LogP contribution is 2.24. The molecule has 0 aliphatic carbocycles. The Morgan fingerprint density at radius 1 is 1.29 bits per heavy atom. The van der Waals surface area contributed by atoms with Gasteiger partial charge in [0.25, 0.3) is 5.91 Å². The molecule has 3 aromatic rings. The van der Waals surface area contributed by atoms with E-state index in [1.54, 1.807) is 11.1 Å². The summed E-state index contributed by atoms with van der Waals surface area (Å²) in [5, 5.41) is 0.904. The first kappa shape index (κ1) is 15.1. The molecule has 5 nitrogen and oxygen atoms in total. The largest absolute Gasteiger partial charge is 0.332 e. The fraction of sp³-hybridized carbons (Fsp3) is 0.176. The second-order valence-corrected chi connectivity index (χ2v) is 6.52. The van der Waals surface area contributed by atoms with Crippen molar-refractivity contribution >= 4 is 32.9 Å². The van der Waals surface area contributed by atoms with Gasteiger partial charge in [-0.3, -0.25) is 4.79 Å². The number of rotatable bonds is 1. The van der Waals surface area contributed by atoms with E-state index >= 15 is 0 Å². The van der Waals surface area contributed by atoms with Crippen molar-refractivity contribution in [2.45, 2.75) is 13.0 Å². The minimum atomic E-state index is -0.599. The standard InChI is InChI=1S/C17H12BrFN4O/c18-12-7-10-6-11-9-23(5-3-14(11)22-16(10)21-8-12)17(24)15-13(19)2-1-4-20-15/h1-2,4,6-8H,3,5,9H2. The summed E-state index contributed by atoms with van der Waals surface area (Å²) in [5.74, 6) is -0.996. The molecule has 0 saturated heterocycles. The SMILES string of the molecule is O=C(c1ncccc1F)N1CCc2nc3ncc(Br)cc3cc2C1. The van der Waals surface area contributed by atoms with Crippen LogP contribution in [0.1, 0.15) is 21.7 Å². The Balaban J connectivity index is 1.68. The van der Waals surface area contributed by atoms with Crippen LogP contribution in [0.3, 0.4) is 0 Å². The molecule has 1 aliphatic rings. The third kappa shape index (κ3) is 2.65. The summed E-state index contributed by atoms with van der Waals surface area (Å²) in [7, 11) is 0. The molecule has 1 aliphatic heterocycles. The van der Waals surface area contributed by atoms with E-state index in [0.29, 0.717) is 25.2 Å². The number of pyridine rings is 3. The summed E-state index contributed by atoms with van der Waals surface area (Å²) in [5.41, 5.74) is 2.44. The van der Waals surface area contributed by atoms with Gasteiger partial charge in [-0.1, -0.05) is 0 Å². The second kappa shape index (κ2) is 5.90. The fourth-order valence-electron chi connectivity index (χ4n) is 2.86. The van der Waals surface area contributed by atoms with E-state index in [4.69, 9.17) is 0 Å². The lowest BCUT2D eigenvalue weighted by molar-refractivity contribution is 0.0722. The van der Waals surface area contributed by atoms with E-state index in [2.05, 4.69) is 30.9 Å². The Labute approximate surface area is 145 Å². The van der Waals surface area contributed by atoms with E-state index < -0.39 is 11.7 Å². The molecule has 0 atom stereocenters.